The predicted octanol–water partition coefficient (Wildman–Crippen LogP) is 1.74. The van der Waals surface area contributed by atoms with Crippen molar-refractivity contribution in [3.63, 3.8) is 0 Å². The number of nitrogens with one attached hydrogen (secondary N) is 1. The molecule has 0 radical (unpaired) electrons. The van der Waals surface area contributed by atoms with Crippen LogP contribution in [0, 0.1) is 6.92 Å². The molecule has 0 saturated heterocycles. The average molecular weight is 209 g/mol. The van der Waals surface area contributed by atoms with Crippen molar-refractivity contribution in [3.8, 4) is 0 Å². The number of amides is 1. The van der Waals surface area contributed by atoms with Crippen molar-refractivity contribution >= 4 is 5.91 Å². The normalized spacial score (nSPS) is 8.80. The monoisotopic (exact) mass is 209 g/mol. The fourth-order valence-corrected chi connectivity index (χ4v) is 1.09. The van der Waals surface area contributed by atoms with Crippen LogP contribution < -0.4 is 5.32 Å². The van der Waals surface area contributed by atoms with E-state index in [2.05, 4.69) is 5.32 Å². The first-order chi connectivity index (χ1) is 7.25. The van der Waals surface area contributed by atoms with E-state index >= 15 is 0 Å². The summed E-state index contributed by atoms with van der Waals surface area (Å²) in [6.45, 7) is 6.15. The van der Waals surface area contributed by atoms with Crippen LogP contribution in [0.4, 0.5) is 0 Å². The van der Waals surface area contributed by atoms with Gasteiger partial charge in [0, 0.05) is 12.1 Å². The van der Waals surface area contributed by atoms with Gasteiger partial charge >= 0.3 is 0 Å². The molecule has 0 bridgehead atoms. The van der Waals surface area contributed by atoms with Crippen molar-refractivity contribution in [1.29, 1.82) is 0 Å². The zero-order chi connectivity index (χ0) is 11.7. The molecular weight excluding hydrogens is 190 g/mol. The van der Waals surface area contributed by atoms with Gasteiger partial charge in [0.05, 0.1) is 6.61 Å². The summed E-state index contributed by atoms with van der Waals surface area (Å²) >= 11 is 0. The second-order valence-corrected chi connectivity index (χ2v) is 2.79. The Morgan fingerprint density at radius 3 is 2.47 bits per heavy atom. The second-order valence-electron chi connectivity index (χ2n) is 2.79. The lowest BCUT2D eigenvalue weighted by Crippen LogP contribution is -2.26. The zero-order valence-corrected chi connectivity index (χ0v) is 9.58. The molecule has 15 heavy (non-hydrogen) atoms. The Hall–Kier alpha value is -1.35. The maximum absolute atomic E-state index is 11.4. The number of carbonyl (C=O) groups is 1. The second kappa shape index (κ2) is 8.00. The van der Waals surface area contributed by atoms with Gasteiger partial charge in [-0.2, -0.15) is 0 Å². The van der Waals surface area contributed by atoms with Crippen molar-refractivity contribution < 1.29 is 9.90 Å². The minimum absolute atomic E-state index is 0.0301. The molecule has 0 unspecified atom stereocenters. The van der Waals surface area contributed by atoms with Crippen molar-refractivity contribution in [3.05, 3.63) is 35.4 Å². The van der Waals surface area contributed by atoms with Gasteiger partial charge in [-0.15, -0.1) is 0 Å². The third kappa shape index (κ3) is 4.61. The zero-order valence-electron chi connectivity index (χ0n) is 9.58. The van der Waals surface area contributed by atoms with E-state index < -0.39 is 0 Å². The molecule has 3 heteroatoms. The molecule has 0 aliphatic rings. The smallest absolute Gasteiger partial charge is 0.251 e. The Balaban J connectivity index is 0.000000921. The maximum Gasteiger partial charge on any atom is 0.251 e. The first kappa shape index (κ1) is 13.7. The molecule has 3 nitrogen and oxygen atoms in total. The lowest BCUT2D eigenvalue weighted by Gasteiger charge is -2.05. The fourth-order valence-electron chi connectivity index (χ4n) is 1.09. The van der Waals surface area contributed by atoms with E-state index in [0.717, 1.165) is 5.56 Å². The van der Waals surface area contributed by atoms with Gasteiger partial charge in [0.25, 0.3) is 5.91 Å². The molecule has 0 aromatic heterocycles. The highest BCUT2D eigenvalue weighted by Gasteiger charge is 2.05. The van der Waals surface area contributed by atoms with E-state index in [-0.39, 0.29) is 12.5 Å². The first-order valence-electron chi connectivity index (χ1n) is 5.20. The van der Waals surface area contributed by atoms with Crippen molar-refractivity contribution in [2.75, 3.05) is 13.2 Å². The van der Waals surface area contributed by atoms with Gasteiger partial charge in [-0.05, 0) is 18.6 Å². The molecule has 0 heterocycles. The fraction of sp³-hybridized carbons (Fsp3) is 0.417. The van der Waals surface area contributed by atoms with Gasteiger partial charge in [-0.25, -0.2) is 0 Å². The summed E-state index contributed by atoms with van der Waals surface area (Å²) in [6, 6.07) is 7.36. The summed E-state index contributed by atoms with van der Waals surface area (Å²) in [5, 5.41) is 11.1. The van der Waals surface area contributed by atoms with Gasteiger partial charge in [0.2, 0.25) is 0 Å². The van der Waals surface area contributed by atoms with E-state index in [4.69, 9.17) is 5.11 Å². The Kier molecular flexibility index (Phi) is 7.28. The van der Waals surface area contributed by atoms with Crippen molar-refractivity contribution in [2.45, 2.75) is 20.8 Å². The van der Waals surface area contributed by atoms with Crippen LogP contribution in [0.3, 0.4) is 0 Å². The van der Waals surface area contributed by atoms with Crippen LogP contribution in [0.1, 0.15) is 29.8 Å². The molecular formula is C12H19NO2. The van der Waals surface area contributed by atoms with E-state index in [9.17, 15) is 4.79 Å². The van der Waals surface area contributed by atoms with Crippen LogP contribution in [0.15, 0.2) is 24.3 Å². The number of rotatable bonds is 3. The lowest BCUT2D eigenvalue weighted by molar-refractivity contribution is 0.0944. The highest BCUT2D eigenvalue weighted by Crippen LogP contribution is 2.05. The molecule has 2 N–H and O–H groups in total. The number of carbonyl (C=O) groups excluding carboxylic acids is 1. The van der Waals surface area contributed by atoms with Gasteiger partial charge in [-0.1, -0.05) is 32.0 Å². The largest absolute Gasteiger partial charge is 0.395 e. The molecule has 84 valence electrons. The average Bonchev–Trinajstić information content (AvgIpc) is 2.29. The Bertz CT molecular complexity index is 297. The Labute approximate surface area is 91.1 Å². The molecule has 1 rings (SSSR count). The molecule has 0 atom stereocenters. The van der Waals surface area contributed by atoms with Crippen LogP contribution in [0.25, 0.3) is 0 Å². The van der Waals surface area contributed by atoms with E-state index in [1.807, 2.05) is 39.0 Å². The summed E-state index contributed by atoms with van der Waals surface area (Å²) in [5.41, 5.74) is 1.61. The number of aliphatic hydroxyl groups is 1. The molecule has 0 fully saturated rings. The Morgan fingerprint density at radius 2 is 1.93 bits per heavy atom. The minimum Gasteiger partial charge on any atom is -0.395 e. The Morgan fingerprint density at radius 1 is 1.33 bits per heavy atom. The summed E-state index contributed by atoms with van der Waals surface area (Å²) in [6.07, 6.45) is 0. The van der Waals surface area contributed by atoms with Crippen LogP contribution in [0.2, 0.25) is 0 Å². The van der Waals surface area contributed by atoms with Gasteiger partial charge in [0.1, 0.15) is 0 Å². The highest BCUT2D eigenvalue weighted by atomic mass is 16.3. The number of aryl methyl sites for hydroxylation is 1. The number of benzene rings is 1. The quantitative estimate of drug-likeness (QED) is 0.796. The van der Waals surface area contributed by atoms with Crippen molar-refractivity contribution in [1.82, 2.24) is 5.32 Å². The molecule has 0 saturated carbocycles. The molecule has 1 amide bonds. The minimum atomic E-state index is -0.132. The lowest BCUT2D eigenvalue weighted by atomic mass is 10.1. The summed E-state index contributed by atoms with van der Waals surface area (Å²) < 4.78 is 0. The van der Waals surface area contributed by atoms with Crippen LogP contribution >= 0.6 is 0 Å². The molecule has 0 aliphatic carbocycles. The first-order valence-corrected chi connectivity index (χ1v) is 5.20. The van der Waals surface area contributed by atoms with Gasteiger partial charge < -0.3 is 10.4 Å². The number of hydrogen-bond acceptors (Lipinski definition) is 2. The van der Waals surface area contributed by atoms with E-state index in [1.165, 1.54) is 0 Å². The standard InChI is InChI=1S/C10H13NO2.C2H6/c1-8-4-2-3-5-9(8)10(13)11-6-7-12;1-2/h2-5,12H,6-7H2,1H3,(H,11,13);1-2H3. The van der Waals surface area contributed by atoms with Crippen molar-refractivity contribution in [2.24, 2.45) is 0 Å². The third-order valence-corrected chi connectivity index (χ3v) is 1.79. The predicted molar refractivity (Wildman–Crippen MR) is 61.9 cm³/mol. The van der Waals surface area contributed by atoms with E-state index in [1.54, 1.807) is 6.07 Å². The summed E-state index contributed by atoms with van der Waals surface area (Å²) in [7, 11) is 0. The van der Waals surface area contributed by atoms with E-state index in [0.29, 0.717) is 12.1 Å². The van der Waals surface area contributed by atoms with Crippen LogP contribution in [0.5, 0.6) is 0 Å². The van der Waals surface area contributed by atoms with Crippen LogP contribution in [-0.2, 0) is 0 Å². The summed E-state index contributed by atoms with van der Waals surface area (Å²) in [4.78, 5) is 11.4. The molecule has 0 spiro atoms. The van der Waals surface area contributed by atoms with Gasteiger partial charge in [-0.3, -0.25) is 4.79 Å². The summed E-state index contributed by atoms with van der Waals surface area (Å²) in [5.74, 6) is -0.132. The SMILES string of the molecule is CC.Cc1ccccc1C(=O)NCCO. The highest BCUT2D eigenvalue weighted by molar-refractivity contribution is 5.95. The molecule has 1 aromatic rings. The topological polar surface area (TPSA) is 49.3 Å². The molecule has 1 aromatic carbocycles. The van der Waals surface area contributed by atoms with Gasteiger partial charge in [0.15, 0.2) is 0 Å². The van der Waals surface area contributed by atoms with Crippen LogP contribution in [-0.4, -0.2) is 24.2 Å². The number of aliphatic hydroxyl groups excluding tert-OH is 1. The number of hydrogen-bond donors (Lipinski definition) is 2. The molecule has 0 aliphatic heterocycles. The maximum atomic E-state index is 11.4. The third-order valence-electron chi connectivity index (χ3n) is 1.79.